The van der Waals surface area contributed by atoms with E-state index in [0.29, 0.717) is 17.9 Å². The second kappa shape index (κ2) is 5.13. The van der Waals surface area contributed by atoms with Gasteiger partial charge in [-0.2, -0.15) is 0 Å². The summed E-state index contributed by atoms with van der Waals surface area (Å²) in [5.41, 5.74) is 0.809. The fourth-order valence-corrected chi connectivity index (χ4v) is 2.95. The summed E-state index contributed by atoms with van der Waals surface area (Å²) in [7, 11) is 0. The summed E-state index contributed by atoms with van der Waals surface area (Å²) in [5, 5.41) is 3.42. The Labute approximate surface area is 101 Å². The third-order valence-electron chi connectivity index (χ3n) is 3.79. The highest BCUT2D eigenvalue weighted by atomic mass is 19.1. The van der Waals surface area contributed by atoms with Crippen LogP contribution in [0.1, 0.15) is 38.2 Å². The number of rotatable bonds is 4. The van der Waals surface area contributed by atoms with E-state index >= 15 is 0 Å². The summed E-state index contributed by atoms with van der Waals surface area (Å²) < 4.78 is 26.3. The Bertz CT molecular complexity index is 372. The standard InChI is InChI=1S/C14H19F2N/c1-3-12-13(8-14(12)17-4-2)9-5-10(15)7-11(16)6-9/h5-7,12-14,17H,3-4,8H2,1-2H3. The minimum Gasteiger partial charge on any atom is -0.314 e. The van der Waals surface area contributed by atoms with Crippen LogP contribution in [-0.4, -0.2) is 12.6 Å². The molecule has 17 heavy (non-hydrogen) atoms. The third kappa shape index (κ3) is 2.49. The summed E-state index contributed by atoms with van der Waals surface area (Å²) in [6, 6.07) is 4.38. The average Bonchev–Trinajstić information content (AvgIpc) is 2.22. The second-order valence-electron chi connectivity index (χ2n) is 4.78. The second-order valence-corrected chi connectivity index (χ2v) is 4.78. The van der Waals surface area contributed by atoms with Gasteiger partial charge in [-0.05, 0) is 42.5 Å². The molecule has 0 heterocycles. The maximum Gasteiger partial charge on any atom is 0.126 e. The molecule has 1 aromatic rings. The largest absolute Gasteiger partial charge is 0.314 e. The number of nitrogens with one attached hydrogen (secondary N) is 1. The van der Waals surface area contributed by atoms with Crippen molar-refractivity contribution in [1.82, 2.24) is 5.32 Å². The highest BCUT2D eigenvalue weighted by molar-refractivity contribution is 5.26. The first-order chi connectivity index (χ1) is 8.15. The van der Waals surface area contributed by atoms with Crippen molar-refractivity contribution in [2.45, 2.75) is 38.6 Å². The summed E-state index contributed by atoms with van der Waals surface area (Å²) in [6.45, 7) is 5.17. The van der Waals surface area contributed by atoms with E-state index in [4.69, 9.17) is 0 Å². The van der Waals surface area contributed by atoms with Crippen molar-refractivity contribution in [3.63, 3.8) is 0 Å². The van der Waals surface area contributed by atoms with Crippen LogP contribution in [0.5, 0.6) is 0 Å². The van der Waals surface area contributed by atoms with Gasteiger partial charge in [0, 0.05) is 12.1 Å². The molecule has 1 saturated carbocycles. The van der Waals surface area contributed by atoms with E-state index in [1.807, 2.05) is 0 Å². The van der Waals surface area contributed by atoms with E-state index in [9.17, 15) is 8.78 Å². The normalized spacial score (nSPS) is 27.9. The molecule has 1 N–H and O–H groups in total. The lowest BCUT2D eigenvalue weighted by Gasteiger charge is -2.45. The number of benzene rings is 1. The van der Waals surface area contributed by atoms with Gasteiger partial charge in [0.2, 0.25) is 0 Å². The molecule has 3 unspecified atom stereocenters. The van der Waals surface area contributed by atoms with Crippen molar-refractivity contribution < 1.29 is 8.78 Å². The van der Waals surface area contributed by atoms with E-state index in [1.54, 1.807) is 0 Å². The topological polar surface area (TPSA) is 12.0 Å². The van der Waals surface area contributed by atoms with Gasteiger partial charge in [0.25, 0.3) is 0 Å². The van der Waals surface area contributed by atoms with Crippen molar-refractivity contribution in [3.8, 4) is 0 Å². The van der Waals surface area contributed by atoms with E-state index in [2.05, 4.69) is 19.2 Å². The first kappa shape index (κ1) is 12.5. The Kier molecular flexibility index (Phi) is 3.77. The molecular weight excluding hydrogens is 220 g/mol. The van der Waals surface area contributed by atoms with Gasteiger partial charge in [0.1, 0.15) is 11.6 Å². The smallest absolute Gasteiger partial charge is 0.126 e. The first-order valence-corrected chi connectivity index (χ1v) is 6.35. The number of hydrogen-bond donors (Lipinski definition) is 1. The molecule has 0 amide bonds. The van der Waals surface area contributed by atoms with Gasteiger partial charge in [0.15, 0.2) is 0 Å². The molecule has 2 rings (SSSR count). The molecule has 0 spiro atoms. The predicted molar refractivity (Wildman–Crippen MR) is 65.0 cm³/mol. The first-order valence-electron chi connectivity index (χ1n) is 6.35. The van der Waals surface area contributed by atoms with Gasteiger partial charge >= 0.3 is 0 Å². The lowest BCUT2D eigenvalue weighted by Crippen LogP contribution is -2.48. The van der Waals surface area contributed by atoms with Gasteiger partial charge in [0.05, 0.1) is 0 Å². The zero-order chi connectivity index (χ0) is 12.4. The van der Waals surface area contributed by atoms with E-state index < -0.39 is 11.6 Å². The highest BCUT2D eigenvalue weighted by Gasteiger charge is 2.40. The number of hydrogen-bond acceptors (Lipinski definition) is 1. The van der Waals surface area contributed by atoms with Crippen LogP contribution in [0.4, 0.5) is 8.78 Å². The van der Waals surface area contributed by atoms with Crippen LogP contribution in [-0.2, 0) is 0 Å². The van der Waals surface area contributed by atoms with Crippen molar-refractivity contribution >= 4 is 0 Å². The summed E-state index contributed by atoms with van der Waals surface area (Å²) >= 11 is 0. The minimum absolute atomic E-state index is 0.300. The molecule has 0 aliphatic heterocycles. The molecular formula is C14H19F2N. The molecule has 3 atom stereocenters. The fourth-order valence-electron chi connectivity index (χ4n) is 2.95. The minimum atomic E-state index is -0.471. The molecule has 0 bridgehead atoms. The van der Waals surface area contributed by atoms with Crippen LogP contribution in [0.2, 0.25) is 0 Å². The molecule has 1 aliphatic rings. The Morgan fingerprint density at radius 1 is 1.18 bits per heavy atom. The lowest BCUT2D eigenvalue weighted by molar-refractivity contribution is 0.162. The van der Waals surface area contributed by atoms with E-state index in [0.717, 1.165) is 31.0 Å². The van der Waals surface area contributed by atoms with Crippen molar-refractivity contribution in [2.24, 2.45) is 5.92 Å². The Balaban J connectivity index is 2.13. The Morgan fingerprint density at radius 3 is 2.35 bits per heavy atom. The highest BCUT2D eigenvalue weighted by Crippen LogP contribution is 2.44. The van der Waals surface area contributed by atoms with Crippen molar-refractivity contribution in [3.05, 3.63) is 35.4 Å². The SMILES string of the molecule is CCNC1CC(c2cc(F)cc(F)c2)C1CC. The monoisotopic (exact) mass is 239 g/mol. The summed E-state index contributed by atoms with van der Waals surface area (Å²) in [5.74, 6) is -0.145. The molecule has 0 aromatic heterocycles. The Hall–Kier alpha value is -0.960. The van der Waals surface area contributed by atoms with Gasteiger partial charge in [-0.3, -0.25) is 0 Å². The molecule has 1 nitrogen and oxygen atoms in total. The van der Waals surface area contributed by atoms with Crippen molar-refractivity contribution in [2.75, 3.05) is 6.54 Å². The molecule has 0 saturated heterocycles. The Morgan fingerprint density at radius 2 is 1.82 bits per heavy atom. The summed E-state index contributed by atoms with van der Waals surface area (Å²) in [4.78, 5) is 0. The van der Waals surface area contributed by atoms with Gasteiger partial charge < -0.3 is 5.32 Å². The maximum atomic E-state index is 13.2. The van der Waals surface area contributed by atoms with Crippen LogP contribution in [0.15, 0.2) is 18.2 Å². The van der Waals surface area contributed by atoms with Gasteiger partial charge in [-0.1, -0.05) is 20.3 Å². The third-order valence-corrected chi connectivity index (χ3v) is 3.79. The van der Waals surface area contributed by atoms with Gasteiger partial charge in [-0.15, -0.1) is 0 Å². The van der Waals surface area contributed by atoms with E-state index in [-0.39, 0.29) is 0 Å². The molecule has 0 radical (unpaired) electrons. The van der Waals surface area contributed by atoms with Crippen molar-refractivity contribution in [1.29, 1.82) is 0 Å². The van der Waals surface area contributed by atoms with Crippen LogP contribution >= 0.6 is 0 Å². The van der Waals surface area contributed by atoms with Crippen LogP contribution in [0.3, 0.4) is 0 Å². The zero-order valence-electron chi connectivity index (χ0n) is 10.3. The molecule has 1 fully saturated rings. The van der Waals surface area contributed by atoms with E-state index in [1.165, 1.54) is 12.1 Å². The molecule has 1 aliphatic carbocycles. The quantitative estimate of drug-likeness (QED) is 0.848. The van der Waals surface area contributed by atoms with Crippen LogP contribution < -0.4 is 5.32 Å². The number of halogens is 2. The molecule has 94 valence electrons. The van der Waals surface area contributed by atoms with Crippen LogP contribution in [0.25, 0.3) is 0 Å². The maximum absolute atomic E-state index is 13.2. The van der Waals surface area contributed by atoms with Crippen LogP contribution in [0, 0.1) is 17.6 Å². The van der Waals surface area contributed by atoms with Gasteiger partial charge in [-0.25, -0.2) is 8.78 Å². The fraction of sp³-hybridized carbons (Fsp3) is 0.571. The predicted octanol–water partition coefficient (Wildman–Crippen LogP) is 3.46. The summed E-state index contributed by atoms with van der Waals surface area (Å²) in [6.07, 6.45) is 2.02. The lowest BCUT2D eigenvalue weighted by atomic mass is 9.65. The molecule has 3 heteroatoms. The zero-order valence-corrected chi connectivity index (χ0v) is 10.3. The average molecular weight is 239 g/mol. The molecule has 1 aromatic carbocycles.